The fourth-order valence-electron chi connectivity index (χ4n) is 4.68. The van der Waals surface area contributed by atoms with Gasteiger partial charge in [0.1, 0.15) is 28.5 Å². The molecule has 1 aliphatic heterocycles. The summed E-state index contributed by atoms with van der Waals surface area (Å²) in [4.78, 5) is 20.5. The number of anilines is 3. The van der Waals surface area contributed by atoms with Crippen molar-refractivity contribution in [1.82, 2.24) is 4.98 Å². The third-order valence-corrected chi connectivity index (χ3v) is 8.50. The van der Waals surface area contributed by atoms with Crippen LogP contribution in [0.1, 0.15) is 35.6 Å². The van der Waals surface area contributed by atoms with Crippen molar-refractivity contribution in [2.45, 2.75) is 36.5 Å². The number of nitrogens with zero attached hydrogens (tertiary/aromatic N) is 4. The van der Waals surface area contributed by atoms with Gasteiger partial charge in [0.05, 0.1) is 22.2 Å². The average molecular weight is 522 g/mol. The number of hydrogen-bond donors (Lipinski definition) is 1. The molecule has 2 N–H and O–H groups in total. The highest BCUT2D eigenvalue weighted by atomic mass is 32.2. The fourth-order valence-corrected chi connectivity index (χ4v) is 6.39. The molecule has 1 amide bonds. The van der Waals surface area contributed by atoms with Crippen LogP contribution in [0.2, 0.25) is 0 Å². The number of carbonyl (C=O) groups excluding carboxylic acids is 1. The zero-order valence-corrected chi connectivity index (χ0v) is 21.8. The van der Waals surface area contributed by atoms with Crippen LogP contribution in [-0.2, 0) is 17.6 Å². The van der Waals surface area contributed by atoms with Gasteiger partial charge < -0.3 is 5.73 Å². The molecule has 1 aliphatic rings. The maximum Gasteiger partial charge on any atom is 0.245 e. The van der Waals surface area contributed by atoms with E-state index in [0.29, 0.717) is 17.0 Å². The van der Waals surface area contributed by atoms with Crippen LogP contribution in [0.3, 0.4) is 0 Å². The molecule has 2 aromatic carbocycles. The van der Waals surface area contributed by atoms with E-state index >= 15 is 0 Å². The van der Waals surface area contributed by atoms with Gasteiger partial charge >= 0.3 is 0 Å². The highest BCUT2D eigenvalue weighted by Gasteiger charge is 2.32. The molecule has 0 saturated carbocycles. The van der Waals surface area contributed by atoms with E-state index in [4.69, 9.17) is 5.73 Å². The average Bonchev–Trinajstić information content (AvgIpc) is 3.40. The lowest BCUT2D eigenvalue weighted by Crippen LogP contribution is -2.34. The number of para-hydroxylation sites is 2. The summed E-state index contributed by atoms with van der Waals surface area (Å²) in [5.74, 6) is -0.0297. The normalized spacial score (nSPS) is 13.0. The molecular formula is C29H23N5OS2. The first kappa shape index (κ1) is 24.6. The number of rotatable bonds is 5. The third kappa shape index (κ3) is 4.46. The maximum atomic E-state index is 14.2. The van der Waals surface area contributed by atoms with Gasteiger partial charge in [-0.2, -0.15) is 21.9 Å². The minimum Gasteiger partial charge on any atom is -0.383 e. The van der Waals surface area contributed by atoms with Gasteiger partial charge in [-0.25, -0.2) is 4.98 Å². The maximum absolute atomic E-state index is 14.2. The molecule has 3 heterocycles. The number of carbonyl (C=O) groups is 1. The summed E-state index contributed by atoms with van der Waals surface area (Å²) in [6, 6.07) is 22.2. The molecule has 8 heteroatoms. The van der Waals surface area contributed by atoms with Crippen LogP contribution in [0, 0.1) is 22.7 Å². The Morgan fingerprint density at radius 1 is 1.05 bits per heavy atom. The van der Waals surface area contributed by atoms with Gasteiger partial charge in [0.2, 0.25) is 5.91 Å². The van der Waals surface area contributed by atoms with E-state index < -0.39 is 5.25 Å². The number of fused-ring (bicyclic) bond motifs is 2. The number of benzene rings is 2. The number of nitrogens with two attached hydrogens (primary N) is 1. The van der Waals surface area contributed by atoms with E-state index in [-0.39, 0.29) is 22.9 Å². The Bertz CT molecular complexity index is 1520. The van der Waals surface area contributed by atoms with E-state index in [1.54, 1.807) is 0 Å². The predicted octanol–water partition coefficient (Wildman–Crippen LogP) is 6.47. The summed E-state index contributed by atoms with van der Waals surface area (Å²) in [6.07, 6.45) is 2.21. The molecule has 0 fully saturated rings. The number of amides is 1. The van der Waals surface area contributed by atoms with Crippen LogP contribution in [0.25, 0.3) is 11.1 Å². The van der Waals surface area contributed by atoms with Crippen molar-refractivity contribution < 1.29 is 4.79 Å². The van der Waals surface area contributed by atoms with Crippen molar-refractivity contribution in [2.24, 2.45) is 0 Å². The minimum absolute atomic E-state index is 0.0537. The molecule has 0 spiro atoms. The molecule has 182 valence electrons. The van der Waals surface area contributed by atoms with E-state index in [1.165, 1.54) is 23.1 Å². The molecule has 0 bridgehead atoms. The number of nitriles is 2. The van der Waals surface area contributed by atoms with Crippen LogP contribution < -0.4 is 10.6 Å². The Kier molecular flexibility index (Phi) is 6.96. The SMILES string of the molecule is CCC(Sc1nc(N)c(C#N)c(-c2ccsc2)c1C#N)C(=O)N1c2ccccc2CCc2ccccc21. The van der Waals surface area contributed by atoms with Gasteiger partial charge in [0, 0.05) is 5.56 Å². The second kappa shape index (κ2) is 10.5. The molecule has 1 atom stereocenters. The number of hydrogen-bond acceptors (Lipinski definition) is 7. The smallest absolute Gasteiger partial charge is 0.245 e. The highest BCUT2D eigenvalue weighted by molar-refractivity contribution is 8.00. The van der Waals surface area contributed by atoms with Gasteiger partial charge in [-0.15, -0.1) is 0 Å². The Morgan fingerprint density at radius 3 is 2.22 bits per heavy atom. The second-order valence-corrected chi connectivity index (χ2v) is 10.6. The number of aryl methyl sites for hydroxylation is 2. The van der Waals surface area contributed by atoms with Gasteiger partial charge in [-0.1, -0.05) is 55.1 Å². The van der Waals surface area contributed by atoms with Crippen molar-refractivity contribution >= 4 is 46.2 Å². The molecule has 0 aliphatic carbocycles. The van der Waals surface area contributed by atoms with E-state index in [1.807, 2.05) is 65.0 Å². The summed E-state index contributed by atoms with van der Waals surface area (Å²) >= 11 is 2.70. The Labute approximate surface area is 224 Å². The Hall–Kier alpha value is -4.11. The van der Waals surface area contributed by atoms with Gasteiger partial charge in [0.15, 0.2) is 0 Å². The molecule has 0 saturated heterocycles. The van der Waals surface area contributed by atoms with Crippen LogP contribution >= 0.6 is 23.1 Å². The number of aromatic nitrogens is 1. The van der Waals surface area contributed by atoms with Crippen LogP contribution in [0.4, 0.5) is 17.2 Å². The lowest BCUT2D eigenvalue weighted by atomic mass is 9.99. The Balaban J connectivity index is 1.60. The van der Waals surface area contributed by atoms with Gasteiger partial charge in [0.25, 0.3) is 0 Å². The molecular weight excluding hydrogens is 498 g/mol. The lowest BCUT2D eigenvalue weighted by Gasteiger charge is -2.28. The summed E-state index contributed by atoms with van der Waals surface area (Å²) < 4.78 is 0. The summed E-state index contributed by atoms with van der Waals surface area (Å²) in [6.45, 7) is 1.95. The molecule has 4 aromatic rings. The van der Waals surface area contributed by atoms with Crippen LogP contribution in [0.5, 0.6) is 0 Å². The van der Waals surface area contributed by atoms with Gasteiger partial charge in [-0.3, -0.25) is 9.69 Å². The van der Waals surface area contributed by atoms with Gasteiger partial charge in [-0.05, 0) is 64.9 Å². The van der Waals surface area contributed by atoms with E-state index in [9.17, 15) is 15.3 Å². The number of thiophene rings is 1. The molecule has 37 heavy (non-hydrogen) atoms. The van der Waals surface area contributed by atoms with Crippen molar-refractivity contribution in [3.8, 4) is 23.3 Å². The monoisotopic (exact) mass is 521 g/mol. The van der Waals surface area contributed by atoms with Crippen LogP contribution in [0.15, 0.2) is 70.4 Å². The minimum atomic E-state index is -0.526. The molecule has 0 radical (unpaired) electrons. The van der Waals surface area contributed by atoms with Crippen molar-refractivity contribution in [3.63, 3.8) is 0 Å². The lowest BCUT2D eigenvalue weighted by molar-refractivity contribution is -0.117. The number of thioether (sulfide) groups is 1. The standard InChI is InChI=1S/C29H23N5OS2/c1-2-25(37-28-22(16-31)26(20-13-14-36-17-20)21(15-30)27(32)33-28)29(35)34-23-9-5-3-7-18(23)11-12-19-8-4-6-10-24(19)34/h3-10,13-14,17,25H,2,11-12H2,1H3,(H2,32,33). The molecule has 6 nitrogen and oxygen atoms in total. The molecule has 2 aromatic heterocycles. The largest absolute Gasteiger partial charge is 0.383 e. The number of pyridine rings is 1. The first-order chi connectivity index (χ1) is 18.1. The summed E-state index contributed by atoms with van der Waals surface area (Å²) in [5, 5.41) is 23.5. The fraction of sp³-hybridized carbons (Fsp3) is 0.172. The first-order valence-electron chi connectivity index (χ1n) is 11.9. The van der Waals surface area contributed by atoms with Crippen molar-refractivity contribution in [2.75, 3.05) is 10.6 Å². The number of nitrogen functional groups attached to an aromatic ring is 1. The zero-order chi connectivity index (χ0) is 25.9. The first-order valence-corrected chi connectivity index (χ1v) is 13.7. The predicted molar refractivity (Wildman–Crippen MR) is 149 cm³/mol. The topological polar surface area (TPSA) is 107 Å². The molecule has 5 rings (SSSR count). The molecule has 1 unspecified atom stereocenters. The highest BCUT2D eigenvalue weighted by Crippen LogP contribution is 2.41. The van der Waals surface area contributed by atoms with Crippen molar-refractivity contribution in [3.05, 3.63) is 87.6 Å². The second-order valence-electron chi connectivity index (χ2n) is 8.61. The van der Waals surface area contributed by atoms with E-state index in [2.05, 4.69) is 29.3 Å². The summed E-state index contributed by atoms with van der Waals surface area (Å²) in [5.41, 5.74) is 11.8. The van der Waals surface area contributed by atoms with E-state index in [0.717, 1.165) is 40.9 Å². The summed E-state index contributed by atoms with van der Waals surface area (Å²) in [7, 11) is 0. The van der Waals surface area contributed by atoms with Crippen molar-refractivity contribution in [1.29, 1.82) is 10.5 Å². The third-order valence-electron chi connectivity index (χ3n) is 6.47. The Morgan fingerprint density at radius 2 is 1.68 bits per heavy atom. The quantitative estimate of drug-likeness (QED) is 0.302. The zero-order valence-electron chi connectivity index (χ0n) is 20.1. The van der Waals surface area contributed by atoms with Crippen LogP contribution in [-0.4, -0.2) is 16.1 Å².